The van der Waals surface area contributed by atoms with Gasteiger partial charge in [0.25, 0.3) is 0 Å². The van der Waals surface area contributed by atoms with Crippen LogP contribution in [0.4, 0.5) is 0 Å². The number of ether oxygens (including phenoxy) is 1. The van der Waals surface area contributed by atoms with Crippen molar-refractivity contribution in [1.82, 2.24) is 19.3 Å². The molecule has 1 aliphatic heterocycles. The number of sulfonamides is 1. The second kappa shape index (κ2) is 7.33. The fourth-order valence-electron chi connectivity index (χ4n) is 2.69. The summed E-state index contributed by atoms with van der Waals surface area (Å²) in [7, 11) is -3.52. The SMILES string of the molecule is Cc1cc(CC[C@H]2CN(S(=O)(=O)c3cccnc3)CCO2)ncn1. The van der Waals surface area contributed by atoms with Gasteiger partial charge < -0.3 is 4.74 Å². The number of pyridine rings is 1. The highest BCUT2D eigenvalue weighted by atomic mass is 32.2. The van der Waals surface area contributed by atoms with E-state index in [2.05, 4.69) is 15.0 Å². The summed E-state index contributed by atoms with van der Waals surface area (Å²) in [6, 6.07) is 5.13. The maximum absolute atomic E-state index is 12.7. The van der Waals surface area contributed by atoms with E-state index in [1.807, 2.05) is 13.0 Å². The van der Waals surface area contributed by atoms with Gasteiger partial charge in [0, 0.05) is 36.9 Å². The topological polar surface area (TPSA) is 85.3 Å². The summed E-state index contributed by atoms with van der Waals surface area (Å²) in [5.74, 6) is 0. The first-order valence-corrected chi connectivity index (χ1v) is 9.29. The molecule has 0 saturated carbocycles. The first-order chi connectivity index (χ1) is 11.6. The van der Waals surface area contributed by atoms with Gasteiger partial charge in [-0.3, -0.25) is 4.98 Å². The van der Waals surface area contributed by atoms with Crippen molar-refractivity contribution in [3.8, 4) is 0 Å². The van der Waals surface area contributed by atoms with E-state index in [-0.39, 0.29) is 11.0 Å². The van der Waals surface area contributed by atoms with E-state index in [0.29, 0.717) is 19.7 Å². The Bertz CT molecular complexity index is 783. The Morgan fingerprint density at radius 1 is 1.38 bits per heavy atom. The van der Waals surface area contributed by atoms with Crippen molar-refractivity contribution in [2.75, 3.05) is 19.7 Å². The number of rotatable bonds is 5. The second-order valence-corrected chi connectivity index (χ2v) is 7.67. The maximum atomic E-state index is 12.7. The number of aryl methyl sites for hydroxylation is 2. The molecule has 1 atom stereocenters. The molecule has 24 heavy (non-hydrogen) atoms. The average Bonchev–Trinajstić information content (AvgIpc) is 2.61. The van der Waals surface area contributed by atoms with Gasteiger partial charge in [-0.25, -0.2) is 18.4 Å². The van der Waals surface area contributed by atoms with Gasteiger partial charge in [-0.2, -0.15) is 4.31 Å². The fourth-order valence-corrected chi connectivity index (χ4v) is 4.11. The van der Waals surface area contributed by atoms with Crippen LogP contribution in [-0.2, 0) is 21.2 Å². The molecule has 0 unspecified atom stereocenters. The molecule has 0 aliphatic carbocycles. The third kappa shape index (κ3) is 3.95. The molecule has 2 aromatic heterocycles. The van der Waals surface area contributed by atoms with Gasteiger partial charge in [0.1, 0.15) is 11.2 Å². The molecule has 1 aliphatic rings. The van der Waals surface area contributed by atoms with Crippen molar-refractivity contribution in [3.63, 3.8) is 0 Å². The fraction of sp³-hybridized carbons (Fsp3) is 0.438. The summed E-state index contributed by atoms with van der Waals surface area (Å²) < 4.78 is 32.5. The number of hydrogen-bond donors (Lipinski definition) is 0. The van der Waals surface area contributed by atoms with E-state index >= 15 is 0 Å². The third-order valence-electron chi connectivity index (χ3n) is 3.96. The van der Waals surface area contributed by atoms with Gasteiger partial charge in [0.2, 0.25) is 10.0 Å². The van der Waals surface area contributed by atoms with Gasteiger partial charge in [-0.15, -0.1) is 0 Å². The van der Waals surface area contributed by atoms with E-state index in [9.17, 15) is 8.42 Å². The zero-order valence-electron chi connectivity index (χ0n) is 13.5. The van der Waals surface area contributed by atoms with Crippen LogP contribution in [0.2, 0.25) is 0 Å². The third-order valence-corrected chi connectivity index (χ3v) is 5.81. The lowest BCUT2D eigenvalue weighted by Gasteiger charge is -2.32. The van der Waals surface area contributed by atoms with Crippen molar-refractivity contribution in [1.29, 1.82) is 0 Å². The van der Waals surface area contributed by atoms with Gasteiger partial charge in [0.05, 0.1) is 12.7 Å². The highest BCUT2D eigenvalue weighted by Crippen LogP contribution is 2.19. The lowest BCUT2D eigenvalue weighted by Crippen LogP contribution is -2.45. The Morgan fingerprint density at radius 3 is 3.00 bits per heavy atom. The molecule has 1 fully saturated rings. The molecule has 0 radical (unpaired) electrons. The summed E-state index contributed by atoms with van der Waals surface area (Å²) in [6.45, 7) is 3.03. The summed E-state index contributed by atoms with van der Waals surface area (Å²) in [5.41, 5.74) is 1.86. The summed E-state index contributed by atoms with van der Waals surface area (Å²) in [5, 5.41) is 0. The molecular weight excluding hydrogens is 328 g/mol. The number of nitrogens with zero attached hydrogens (tertiary/aromatic N) is 4. The Labute approximate surface area is 141 Å². The van der Waals surface area contributed by atoms with E-state index in [0.717, 1.165) is 24.2 Å². The van der Waals surface area contributed by atoms with E-state index in [1.54, 1.807) is 24.7 Å². The van der Waals surface area contributed by atoms with Crippen LogP contribution in [0.5, 0.6) is 0 Å². The van der Waals surface area contributed by atoms with Crippen LogP contribution in [-0.4, -0.2) is 53.5 Å². The molecule has 3 heterocycles. The van der Waals surface area contributed by atoms with Crippen LogP contribution in [0, 0.1) is 6.92 Å². The minimum Gasteiger partial charge on any atom is -0.375 e. The quantitative estimate of drug-likeness (QED) is 0.807. The first-order valence-electron chi connectivity index (χ1n) is 7.85. The van der Waals surface area contributed by atoms with Crippen molar-refractivity contribution >= 4 is 10.0 Å². The van der Waals surface area contributed by atoms with Crippen LogP contribution < -0.4 is 0 Å². The van der Waals surface area contributed by atoms with Gasteiger partial charge >= 0.3 is 0 Å². The molecule has 7 nitrogen and oxygen atoms in total. The Balaban J connectivity index is 1.64. The van der Waals surface area contributed by atoms with Crippen LogP contribution in [0.3, 0.4) is 0 Å². The second-order valence-electron chi connectivity index (χ2n) is 5.73. The van der Waals surface area contributed by atoms with Crippen molar-refractivity contribution < 1.29 is 13.2 Å². The van der Waals surface area contributed by atoms with Gasteiger partial charge in [-0.1, -0.05) is 0 Å². The molecule has 3 rings (SSSR count). The number of hydrogen-bond acceptors (Lipinski definition) is 6. The molecule has 8 heteroatoms. The van der Waals surface area contributed by atoms with E-state index in [4.69, 9.17) is 4.74 Å². The largest absolute Gasteiger partial charge is 0.375 e. The number of morpholine rings is 1. The highest BCUT2D eigenvalue weighted by molar-refractivity contribution is 7.89. The van der Waals surface area contributed by atoms with Crippen LogP contribution in [0.15, 0.2) is 41.8 Å². The molecule has 2 aromatic rings. The predicted octanol–water partition coefficient (Wildman–Crippen LogP) is 1.20. The van der Waals surface area contributed by atoms with Crippen LogP contribution >= 0.6 is 0 Å². The molecule has 128 valence electrons. The maximum Gasteiger partial charge on any atom is 0.244 e. The monoisotopic (exact) mass is 348 g/mol. The van der Waals surface area contributed by atoms with Crippen molar-refractivity contribution in [3.05, 3.63) is 48.3 Å². The zero-order chi connectivity index (χ0) is 17.0. The smallest absolute Gasteiger partial charge is 0.244 e. The van der Waals surface area contributed by atoms with E-state index in [1.165, 1.54) is 10.5 Å². The van der Waals surface area contributed by atoms with Crippen LogP contribution in [0.1, 0.15) is 17.8 Å². The molecule has 0 bridgehead atoms. The molecule has 1 saturated heterocycles. The summed E-state index contributed by atoms with van der Waals surface area (Å²) in [4.78, 5) is 12.4. The lowest BCUT2D eigenvalue weighted by molar-refractivity contribution is -0.00539. The average molecular weight is 348 g/mol. The molecule has 0 amide bonds. The zero-order valence-corrected chi connectivity index (χ0v) is 14.3. The number of aromatic nitrogens is 3. The Kier molecular flexibility index (Phi) is 5.17. The standard InChI is InChI=1S/C16H20N4O3S/c1-13-9-14(19-12-18-13)4-5-15-11-20(7-8-23-15)24(21,22)16-3-2-6-17-10-16/h2-3,6,9-10,12,15H,4-5,7-8,11H2,1H3/t15-/m0/s1. The van der Waals surface area contributed by atoms with Gasteiger partial charge in [-0.05, 0) is 38.0 Å². The van der Waals surface area contributed by atoms with Crippen molar-refractivity contribution in [2.45, 2.75) is 30.8 Å². The summed E-state index contributed by atoms with van der Waals surface area (Å²) in [6.07, 6.45) is 5.80. The normalized spacial score (nSPS) is 19.3. The molecule has 0 N–H and O–H groups in total. The molecular formula is C16H20N4O3S. The minimum absolute atomic E-state index is 0.138. The lowest BCUT2D eigenvalue weighted by atomic mass is 10.1. The van der Waals surface area contributed by atoms with Crippen LogP contribution in [0.25, 0.3) is 0 Å². The van der Waals surface area contributed by atoms with E-state index < -0.39 is 10.0 Å². The Hall–Kier alpha value is -1.90. The van der Waals surface area contributed by atoms with Gasteiger partial charge in [0.15, 0.2) is 0 Å². The minimum atomic E-state index is -3.52. The summed E-state index contributed by atoms with van der Waals surface area (Å²) >= 11 is 0. The molecule has 0 aromatic carbocycles. The molecule has 0 spiro atoms. The first kappa shape index (κ1) is 16.9. The predicted molar refractivity (Wildman–Crippen MR) is 87.8 cm³/mol. The van der Waals surface area contributed by atoms with Crippen molar-refractivity contribution in [2.24, 2.45) is 0 Å². The Morgan fingerprint density at radius 2 is 2.25 bits per heavy atom. The highest BCUT2D eigenvalue weighted by Gasteiger charge is 2.30.